The molecule has 2 fully saturated rings. The number of hydrogen-bond donors (Lipinski definition) is 0. The number of carbonyl (C=O) groups is 2. The molecule has 1 aromatic carbocycles. The van der Waals surface area contributed by atoms with Crippen LogP contribution in [-0.4, -0.2) is 46.8 Å². The highest BCUT2D eigenvalue weighted by Gasteiger charge is 2.41. The Hall–Kier alpha value is -2.05. The fourth-order valence-electron chi connectivity index (χ4n) is 4.00. The number of carbonyl (C=O) groups excluding carboxylic acids is 2. The third-order valence-electron chi connectivity index (χ3n) is 5.17. The van der Waals surface area contributed by atoms with Crippen molar-refractivity contribution in [3.8, 4) is 0 Å². The van der Waals surface area contributed by atoms with Crippen LogP contribution < -0.4 is 0 Å². The summed E-state index contributed by atoms with van der Waals surface area (Å²) >= 11 is 0. The summed E-state index contributed by atoms with van der Waals surface area (Å²) in [5.41, 5.74) is -0.507. The van der Waals surface area contributed by atoms with E-state index in [9.17, 15) is 22.8 Å². The molecule has 0 saturated carbocycles. The molecular weight excluding hydrogens is 333 g/mol. The average molecular weight is 354 g/mol. The van der Waals surface area contributed by atoms with Crippen molar-refractivity contribution in [1.29, 1.82) is 0 Å². The molecule has 0 spiro atoms. The lowest BCUT2D eigenvalue weighted by Gasteiger charge is -2.34. The second-order valence-electron chi connectivity index (χ2n) is 6.71. The fourth-order valence-corrected chi connectivity index (χ4v) is 4.00. The van der Waals surface area contributed by atoms with E-state index in [4.69, 9.17) is 0 Å². The van der Waals surface area contributed by atoms with Gasteiger partial charge in [0, 0.05) is 25.6 Å². The first-order chi connectivity index (χ1) is 11.8. The molecule has 2 aliphatic heterocycles. The van der Waals surface area contributed by atoms with Gasteiger partial charge in [-0.2, -0.15) is 13.2 Å². The van der Waals surface area contributed by atoms with Crippen LogP contribution in [0.2, 0.25) is 0 Å². The zero-order valence-corrected chi connectivity index (χ0v) is 14.1. The molecule has 7 heteroatoms. The summed E-state index contributed by atoms with van der Waals surface area (Å²) in [4.78, 5) is 28.2. The van der Waals surface area contributed by atoms with E-state index in [1.54, 1.807) is 4.90 Å². The Morgan fingerprint density at radius 2 is 1.48 bits per heavy atom. The van der Waals surface area contributed by atoms with E-state index in [2.05, 4.69) is 0 Å². The van der Waals surface area contributed by atoms with E-state index in [0.717, 1.165) is 37.8 Å². The minimum atomic E-state index is -4.41. The van der Waals surface area contributed by atoms with Gasteiger partial charge in [-0.1, -0.05) is 0 Å². The quantitative estimate of drug-likeness (QED) is 0.817. The zero-order chi connectivity index (χ0) is 18.2. The molecule has 4 nitrogen and oxygen atoms in total. The van der Waals surface area contributed by atoms with Gasteiger partial charge in [-0.05, 0) is 49.9 Å². The summed E-state index contributed by atoms with van der Waals surface area (Å²) in [6.45, 7) is 2.82. The normalized spacial score (nSPS) is 24.0. The minimum Gasteiger partial charge on any atom is -0.338 e. The molecule has 2 heterocycles. The molecule has 0 radical (unpaired) electrons. The molecule has 1 aromatic rings. The van der Waals surface area contributed by atoms with E-state index >= 15 is 0 Å². The maximum absolute atomic E-state index is 12.8. The van der Waals surface area contributed by atoms with E-state index < -0.39 is 11.7 Å². The maximum Gasteiger partial charge on any atom is 0.416 e. The Morgan fingerprint density at radius 1 is 0.960 bits per heavy atom. The lowest BCUT2D eigenvalue weighted by atomic mass is 10.0. The van der Waals surface area contributed by atoms with Crippen LogP contribution in [0.15, 0.2) is 24.3 Å². The number of likely N-dealkylation sites (tertiary alicyclic amines) is 2. The summed E-state index contributed by atoms with van der Waals surface area (Å²) < 4.78 is 38.0. The van der Waals surface area contributed by atoms with Crippen LogP contribution in [0.4, 0.5) is 13.2 Å². The molecule has 3 rings (SSSR count). The van der Waals surface area contributed by atoms with Crippen LogP contribution in [-0.2, 0) is 11.0 Å². The van der Waals surface area contributed by atoms with Gasteiger partial charge in [-0.15, -0.1) is 0 Å². The topological polar surface area (TPSA) is 40.6 Å². The molecule has 136 valence electrons. The third kappa shape index (κ3) is 3.50. The highest BCUT2D eigenvalue weighted by molar-refractivity contribution is 5.94. The number of alkyl halides is 3. The Balaban J connectivity index is 1.78. The van der Waals surface area contributed by atoms with Gasteiger partial charge in [-0.25, -0.2) is 0 Å². The number of amides is 2. The lowest BCUT2D eigenvalue weighted by Crippen LogP contribution is -2.49. The second kappa shape index (κ2) is 6.69. The second-order valence-corrected chi connectivity index (χ2v) is 6.71. The van der Waals surface area contributed by atoms with Gasteiger partial charge in [0.1, 0.15) is 0 Å². The number of benzene rings is 1. The summed E-state index contributed by atoms with van der Waals surface area (Å²) in [7, 11) is 0. The molecule has 0 N–H and O–H groups in total. The van der Waals surface area contributed by atoms with Gasteiger partial charge in [0.25, 0.3) is 5.91 Å². The largest absolute Gasteiger partial charge is 0.416 e. The van der Waals surface area contributed by atoms with E-state index in [1.807, 2.05) is 4.90 Å². The standard InChI is InChI=1S/C18H21F3N2O2/c1-12(24)22-10-2-4-15(22)16-5-3-11-23(16)17(25)13-6-8-14(9-7-13)18(19,20)21/h6-9,15-16H,2-5,10-11H2,1H3/t15-,16+/m1/s1. The van der Waals surface area contributed by atoms with E-state index in [0.29, 0.717) is 13.1 Å². The number of rotatable bonds is 2. The first-order valence-corrected chi connectivity index (χ1v) is 8.54. The van der Waals surface area contributed by atoms with Crippen molar-refractivity contribution < 1.29 is 22.8 Å². The molecule has 0 aromatic heterocycles. The molecule has 2 saturated heterocycles. The SMILES string of the molecule is CC(=O)N1CCC[C@@H]1[C@@H]1CCCN1C(=O)c1ccc(C(F)(F)F)cc1. The van der Waals surface area contributed by atoms with Crippen molar-refractivity contribution in [2.45, 2.75) is 50.9 Å². The molecule has 2 atom stereocenters. The van der Waals surface area contributed by atoms with E-state index in [1.165, 1.54) is 19.1 Å². The van der Waals surface area contributed by atoms with Crippen LogP contribution >= 0.6 is 0 Å². The summed E-state index contributed by atoms with van der Waals surface area (Å²) in [6, 6.07) is 4.31. The maximum atomic E-state index is 12.8. The van der Waals surface area contributed by atoms with Crippen LogP contribution in [0, 0.1) is 0 Å². The van der Waals surface area contributed by atoms with Crippen LogP contribution in [0.25, 0.3) is 0 Å². The minimum absolute atomic E-state index is 0.0105. The Labute approximate surface area is 144 Å². The Bertz CT molecular complexity index is 657. The smallest absolute Gasteiger partial charge is 0.338 e. The van der Waals surface area contributed by atoms with Crippen LogP contribution in [0.3, 0.4) is 0 Å². The molecule has 2 aliphatic rings. The van der Waals surface area contributed by atoms with E-state index in [-0.39, 0.29) is 29.5 Å². The van der Waals surface area contributed by atoms with Crippen molar-refractivity contribution in [2.24, 2.45) is 0 Å². The Morgan fingerprint density at radius 3 is 2.00 bits per heavy atom. The average Bonchev–Trinajstić information content (AvgIpc) is 3.21. The zero-order valence-electron chi connectivity index (χ0n) is 14.1. The molecule has 2 amide bonds. The Kier molecular flexibility index (Phi) is 4.75. The number of halogens is 3. The third-order valence-corrected chi connectivity index (χ3v) is 5.17. The first-order valence-electron chi connectivity index (χ1n) is 8.54. The van der Waals surface area contributed by atoms with Gasteiger partial charge < -0.3 is 9.80 Å². The number of nitrogens with zero attached hydrogens (tertiary/aromatic N) is 2. The van der Waals surface area contributed by atoms with Crippen molar-refractivity contribution in [3.05, 3.63) is 35.4 Å². The van der Waals surface area contributed by atoms with Gasteiger partial charge in [0.15, 0.2) is 0 Å². The van der Waals surface area contributed by atoms with Gasteiger partial charge in [-0.3, -0.25) is 9.59 Å². The van der Waals surface area contributed by atoms with Gasteiger partial charge >= 0.3 is 6.18 Å². The molecule has 0 unspecified atom stereocenters. The van der Waals surface area contributed by atoms with Crippen LogP contribution in [0.1, 0.15) is 48.5 Å². The summed E-state index contributed by atoms with van der Waals surface area (Å²) in [6.07, 6.45) is -0.964. The number of hydrogen-bond acceptors (Lipinski definition) is 2. The summed E-state index contributed by atoms with van der Waals surface area (Å²) in [5, 5.41) is 0. The predicted molar refractivity (Wildman–Crippen MR) is 85.9 cm³/mol. The van der Waals surface area contributed by atoms with Crippen molar-refractivity contribution in [1.82, 2.24) is 9.80 Å². The van der Waals surface area contributed by atoms with Gasteiger partial charge in [0.05, 0.1) is 17.6 Å². The molecular formula is C18H21F3N2O2. The highest BCUT2D eigenvalue weighted by atomic mass is 19.4. The van der Waals surface area contributed by atoms with Crippen molar-refractivity contribution in [2.75, 3.05) is 13.1 Å². The molecule has 0 bridgehead atoms. The fraction of sp³-hybridized carbons (Fsp3) is 0.556. The monoisotopic (exact) mass is 354 g/mol. The van der Waals surface area contributed by atoms with Crippen molar-refractivity contribution >= 4 is 11.8 Å². The van der Waals surface area contributed by atoms with Gasteiger partial charge in [0.2, 0.25) is 5.91 Å². The highest BCUT2D eigenvalue weighted by Crippen LogP contribution is 2.32. The predicted octanol–water partition coefficient (Wildman–Crippen LogP) is 3.32. The lowest BCUT2D eigenvalue weighted by molar-refractivity contribution is -0.137. The van der Waals surface area contributed by atoms with Crippen molar-refractivity contribution in [3.63, 3.8) is 0 Å². The first kappa shape index (κ1) is 17.8. The molecule has 25 heavy (non-hydrogen) atoms. The molecule has 0 aliphatic carbocycles. The van der Waals surface area contributed by atoms with Crippen LogP contribution in [0.5, 0.6) is 0 Å². The summed E-state index contributed by atoms with van der Waals surface area (Å²) in [5.74, 6) is -0.247.